The van der Waals surface area contributed by atoms with Crippen molar-refractivity contribution in [3.63, 3.8) is 0 Å². The van der Waals surface area contributed by atoms with Gasteiger partial charge in [0.15, 0.2) is 0 Å². The van der Waals surface area contributed by atoms with Gasteiger partial charge in [-0.2, -0.15) is 0 Å². The van der Waals surface area contributed by atoms with Crippen LogP contribution in [0.4, 0.5) is 0 Å². The van der Waals surface area contributed by atoms with E-state index in [1.165, 1.54) is 0 Å². The van der Waals surface area contributed by atoms with Gasteiger partial charge in [0.25, 0.3) is 0 Å². The van der Waals surface area contributed by atoms with Gasteiger partial charge in [0.2, 0.25) is 0 Å². The van der Waals surface area contributed by atoms with Crippen LogP contribution in [0.25, 0.3) is 0 Å². The number of Topliss-reactive ketones (excluding diaryl/α,β-unsaturated/α-hetero) is 1. The van der Waals surface area contributed by atoms with E-state index in [0.29, 0.717) is 11.7 Å². The molecule has 0 heterocycles. The van der Waals surface area contributed by atoms with Gasteiger partial charge in [-0.15, -0.1) is 6.58 Å². The minimum Gasteiger partial charge on any atom is -0.299 e. The first kappa shape index (κ1) is 7.52. The molecule has 0 N–H and O–H groups in total. The molecule has 1 fully saturated rings. The van der Waals surface area contributed by atoms with E-state index in [0.717, 1.165) is 19.3 Å². The Morgan fingerprint density at radius 3 is 2.90 bits per heavy atom. The first-order chi connectivity index (χ1) is 4.75. The molecule has 0 bridgehead atoms. The summed E-state index contributed by atoms with van der Waals surface area (Å²) in [5.41, 5.74) is 0. The molecule has 1 aliphatic rings. The molecule has 0 aromatic carbocycles. The second-order valence-corrected chi connectivity index (χ2v) is 3.05. The third kappa shape index (κ3) is 1.28. The zero-order valence-corrected chi connectivity index (χ0v) is 6.47. The highest BCUT2D eigenvalue weighted by Crippen LogP contribution is 2.27. The van der Waals surface area contributed by atoms with Crippen LogP contribution in [0.15, 0.2) is 12.7 Å². The topological polar surface area (TPSA) is 17.1 Å². The molecule has 1 rings (SSSR count). The fraction of sp³-hybridized carbons (Fsp3) is 0.667. The predicted octanol–water partition coefficient (Wildman–Crippen LogP) is 2.18. The zero-order chi connectivity index (χ0) is 7.56. The Kier molecular flexibility index (Phi) is 2.25. The third-order valence-corrected chi connectivity index (χ3v) is 2.41. The first-order valence-corrected chi connectivity index (χ1v) is 3.91. The number of allylic oxidation sites excluding steroid dienone is 1. The van der Waals surface area contributed by atoms with Crippen molar-refractivity contribution in [3.8, 4) is 0 Å². The van der Waals surface area contributed by atoms with Crippen LogP contribution in [0.5, 0.6) is 0 Å². The maximum atomic E-state index is 11.1. The molecule has 56 valence electrons. The van der Waals surface area contributed by atoms with Crippen LogP contribution in [-0.4, -0.2) is 5.78 Å². The van der Waals surface area contributed by atoms with Crippen molar-refractivity contribution in [1.29, 1.82) is 0 Å². The highest BCUT2D eigenvalue weighted by atomic mass is 16.1. The highest BCUT2D eigenvalue weighted by molar-refractivity contribution is 5.81. The van der Waals surface area contributed by atoms with E-state index in [2.05, 4.69) is 6.58 Å². The number of hydrogen-bond acceptors (Lipinski definition) is 1. The van der Waals surface area contributed by atoms with Gasteiger partial charge in [0.1, 0.15) is 5.78 Å². The van der Waals surface area contributed by atoms with Gasteiger partial charge in [-0.1, -0.05) is 13.0 Å². The Morgan fingerprint density at radius 2 is 2.40 bits per heavy atom. The van der Waals surface area contributed by atoms with Crippen molar-refractivity contribution in [2.45, 2.75) is 26.2 Å². The largest absolute Gasteiger partial charge is 0.299 e. The Labute approximate surface area is 62.1 Å². The van der Waals surface area contributed by atoms with E-state index < -0.39 is 0 Å². The van der Waals surface area contributed by atoms with Gasteiger partial charge >= 0.3 is 0 Å². The van der Waals surface area contributed by atoms with E-state index in [1.54, 1.807) is 0 Å². The SMILES string of the molecule is C=C[C@H]1CCCC(=O)C1C. The lowest BCUT2D eigenvalue weighted by atomic mass is 9.80. The van der Waals surface area contributed by atoms with Crippen LogP contribution in [0, 0.1) is 11.8 Å². The Balaban J connectivity index is 2.59. The second kappa shape index (κ2) is 3.00. The molecule has 0 aromatic heterocycles. The summed E-state index contributed by atoms with van der Waals surface area (Å²) in [7, 11) is 0. The predicted molar refractivity (Wildman–Crippen MR) is 41.7 cm³/mol. The van der Waals surface area contributed by atoms with E-state index in [1.807, 2.05) is 13.0 Å². The van der Waals surface area contributed by atoms with Gasteiger partial charge in [-0.05, 0) is 18.8 Å². The number of hydrogen-bond donors (Lipinski definition) is 0. The van der Waals surface area contributed by atoms with Crippen LogP contribution < -0.4 is 0 Å². The highest BCUT2D eigenvalue weighted by Gasteiger charge is 2.25. The lowest BCUT2D eigenvalue weighted by Gasteiger charge is -2.24. The van der Waals surface area contributed by atoms with Crippen molar-refractivity contribution < 1.29 is 4.79 Å². The summed E-state index contributed by atoms with van der Waals surface area (Å²) < 4.78 is 0. The molecule has 0 spiro atoms. The summed E-state index contributed by atoms with van der Waals surface area (Å²) in [6.45, 7) is 5.72. The molecule has 2 atom stereocenters. The molecule has 0 aliphatic heterocycles. The lowest BCUT2D eigenvalue weighted by Crippen LogP contribution is -2.24. The molecule has 0 radical (unpaired) electrons. The maximum Gasteiger partial charge on any atom is 0.136 e. The zero-order valence-electron chi connectivity index (χ0n) is 6.47. The average molecular weight is 138 g/mol. The van der Waals surface area contributed by atoms with E-state index in [9.17, 15) is 4.79 Å². The molecular weight excluding hydrogens is 124 g/mol. The second-order valence-electron chi connectivity index (χ2n) is 3.05. The van der Waals surface area contributed by atoms with Gasteiger partial charge in [0.05, 0.1) is 0 Å². The van der Waals surface area contributed by atoms with E-state index in [4.69, 9.17) is 0 Å². The van der Waals surface area contributed by atoms with E-state index in [-0.39, 0.29) is 5.92 Å². The molecule has 1 unspecified atom stereocenters. The molecule has 10 heavy (non-hydrogen) atoms. The van der Waals surface area contributed by atoms with Crippen molar-refractivity contribution >= 4 is 5.78 Å². The average Bonchev–Trinajstić information content (AvgIpc) is 1.95. The minimum absolute atomic E-state index is 0.228. The molecule has 0 saturated heterocycles. The number of rotatable bonds is 1. The Bertz CT molecular complexity index is 149. The third-order valence-electron chi connectivity index (χ3n) is 2.41. The Morgan fingerprint density at radius 1 is 1.70 bits per heavy atom. The quantitative estimate of drug-likeness (QED) is 0.507. The molecular formula is C9H14O. The van der Waals surface area contributed by atoms with Gasteiger partial charge in [-0.3, -0.25) is 4.79 Å². The fourth-order valence-electron chi connectivity index (χ4n) is 1.55. The molecule has 1 saturated carbocycles. The fourth-order valence-corrected chi connectivity index (χ4v) is 1.55. The number of carbonyl (C=O) groups is 1. The number of ketones is 1. The molecule has 0 aromatic rings. The van der Waals surface area contributed by atoms with Crippen molar-refractivity contribution in [2.24, 2.45) is 11.8 Å². The van der Waals surface area contributed by atoms with E-state index >= 15 is 0 Å². The normalized spacial score (nSPS) is 33.9. The molecule has 1 heteroatoms. The van der Waals surface area contributed by atoms with Gasteiger partial charge in [0, 0.05) is 12.3 Å². The summed E-state index contributed by atoms with van der Waals surface area (Å²) in [6, 6.07) is 0. The molecule has 1 nitrogen and oxygen atoms in total. The molecule has 1 aliphatic carbocycles. The number of carbonyl (C=O) groups excluding carboxylic acids is 1. The van der Waals surface area contributed by atoms with Crippen LogP contribution in [-0.2, 0) is 4.79 Å². The summed E-state index contributed by atoms with van der Waals surface area (Å²) in [4.78, 5) is 11.1. The van der Waals surface area contributed by atoms with Crippen molar-refractivity contribution in [3.05, 3.63) is 12.7 Å². The monoisotopic (exact) mass is 138 g/mol. The Hall–Kier alpha value is -0.590. The van der Waals surface area contributed by atoms with Crippen LogP contribution >= 0.6 is 0 Å². The van der Waals surface area contributed by atoms with Crippen LogP contribution in [0.3, 0.4) is 0 Å². The smallest absolute Gasteiger partial charge is 0.136 e. The van der Waals surface area contributed by atoms with Gasteiger partial charge < -0.3 is 0 Å². The summed E-state index contributed by atoms with van der Waals surface area (Å²) in [5.74, 6) is 1.09. The summed E-state index contributed by atoms with van der Waals surface area (Å²) in [5, 5.41) is 0. The van der Waals surface area contributed by atoms with Crippen LogP contribution in [0.2, 0.25) is 0 Å². The summed E-state index contributed by atoms with van der Waals surface area (Å²) >= 11 is 0. The summed E-state index contributed by atoms with van der Waals surface area (Å²) in [6.07, 6.45) is 4.91. The van der Waals surface area contributed by atoms with Crippen molar-refractivity contribution in [1.82, 2.24) is 0 Å². The maximum absolute atomic E-state index is 11.1. The minimum atomic E-state index is 0.228. The van der Waals surface area contributed by atoms with Crippen molar-refractivity contribution in [2.75, 3.05) is 0 Å². The first-order valence-electron chi connectivity index (χ1n) is 3.91. The lowest BCUT2D eigenvalue weighted by molar-refractivity contribution is -0.125. The standard InChI is InChI=1S/C9H14O/c1-3-8-5-4-6-9(10)7(8)2/h3,7-8H,1,4-6H2,2H3/t7?,8-/m0/s1. The molecule has 0 amide bonds. The van der Waals surface area contributed by atoms with Crippen LogP contribution in [0.1, 0.15) is 26.2 Å². The van der Waals surface area contributed by atoms with Gasteiger partial charge in [-0.25, -0.2) is 0 Å².